The van der Waals surface area contributed by atoms with Crippen molar-refractivity contribution in [2.75, 3.05) is 18.6 Å². The number of alkyl halides is 1. The Morgan fingerprint density at radius 3 is 2.93 bits per heavy atom. The van der Waals surface area contributed by atoms with Crippen LogP contribution in [0, 0.1) is 5.82 Å². The second-order valence-corrected chi connectivity index (χ2v) is 7.36. The predicted molar refractivity (Wildman–Crippen MR) is 106 cm³/mol. The molecule has 2 N–H and O–H groups in total. The number of ether oxygens (including phenoxy) is 1. The number of imidazole rings is 1. The van der Waals surface area contributed by atoms with E-state index in [0.29, 0.717) is 16.8 Å². The van der Waals surface area contributed by atoms with Crippen molar-refractivity contribution < 1.29 is 18.3 Å². The Hall–Kier alpha value is -3.00. The maximum atomic E-state index is 14.7. The van der Waals surface area contributed by atoms with E-state index >= 15 is 0 Å². The van der Waals surface area contributed by atoms with E-state index in [9.17, 15) is 13.6 Å². The number of halogens is 2. The Kier molecular flexibility index (Phi) is 4.96. The Morgan fingerprint density at radius 1 is 1.34 bits per heavy atom. The summed E-state index contributed by atoms with van der Waals surface area (Å²) in [6, 6.07) is 9.77. The van der Waals surface area contributed by atoms with Gasteiger partial charge in [-0.3, -0.25) is 10.2 Å². The van der Waals surface area contributed by atoms with Gasteiger partial charge in [0.25, 0.3) is 0 Å². The summed E-state index contributed by atoms with van der Waals surface area (Å²) in [7, 11) is 1.53. The van der Waals surface area contributed by atoms with Crippen LogP contribution in [0.1, 0.15) is 30.5 Å². The van der Waals surface area contributed by atoms with E-state index in [1.165, 1.54) is 24.9 Å². The number of rotatable bonds is 6. The second-order valence-electron chi connectivity index (χ2n) is 7.36. The number of carbonyl (C=O) groups excluding carboxylic acids is 1. The van der Waals surface area contributed by atoms with Gasteiger partial charge in [0, 0.05) is 0 Å². The van der Waals surface area contributed by atoms with Gasteiger partial charge in [-0.2, -0.15) is 0 Å². The fourth-order valence-corrected chi connectivity index (χ4v) is 3.49. The number of amides is 1. The monoisotopic (exact) mass is 400 g/mol. The van der Waals surface area contributed by atoms with Gasteiger partial charge in [0.1, 0.15) is 12.4 Å². The van der Waals surface area contributed by atoms with Gasteiger partial charge in [-0.15, -0.1) is 0 Å². The maximum Gasteiger partial charge on any atom is 0.415 e. The van der Waals surface area contributed by atoms with E-state index in [0.717, 1.165) is 11.0 Å². The number of nitrogens with one attached hydrogen (secondary N) is 2. The number of H-pyrrole nitrogens is 1. The van der Waals surface area contributed by atoms with Crippen LogP contribution in [-0.2, 0) is 11.2 Å². The van der Waals surface area contributed by atoms with E-state index in [-0.39, 0.29) is 19.4 Å². The van der Waals surface area contributed by atoms with E-state index in [2.05, 4.69) is 15.3 Å². The first-order valence-corrected chi connectivity index (χ1v) is 9.43. The fraction of sp³-hybridized carbons (Fsp3) is 0.333. The summed E-state index contributed by atoms with van der Waals surface area (Å²) in [5.41, 5.74) is 3.28. The summed E-state index contributed by atoms with van der Waals surface area (Å²) < 4.78 is 33.9. The van der Waals surface area contributed by atoms with Crippen LogP contribution < -0.4 is 10.2 Å². The molecule has 2 heterocycles. The standard InChI is InChI=1S/C21H22F2N4O2/c1-21(23,24-2)8-7-13-3-4-14(9-16(13)22)19-11-29-20(28)27(19)15-5-6-17-18(10-15)26-12-25-17/h3-6,9-10,12,19,24H,7-8,11H2,1-2H3,(H,25,26). The summed E-state index contributed by atoms with van der Waals surface area (Å²) in [6.45, 7) is 1.55. The number of cyclic esters (lactones) is 1. The minimum atomic E-state index is -1.56. The van der Waals surface area contributed by atoms with Crippen molar-refractivity contribution in [1.29, 1.82) is 0 Å². The largest absolute Gasteiger partial charge is 0.447 e. The molecule has 0 radical (unpaired) electrons. The van der Waals surface area contributed by atoms with Gasteiger partial charge in [0.15, 0.2) is 5.79 Å². The topological polar surface area (TPSA) is 70.2 Å². The Labute approximate surface area is 166 Å². The van der Waals surface area contributed by atoms with Gasteiger partial charge in [-0.05, 0) is 62.2 Å². The molecule has 2 atom stereocenters. The molecule has 0 aliphatic carbocycles. The summed E-state index contributed by atoms with van der Waals surface area (Å²) in [4.78, 5) is 21.1. The van der Waals surface area contributed by atoms with Crippen molar-refractivity contribution in [3.05, 3.63) is 59.7 Å². The Balaban J connectivity index is 1.59. The van der Waals surface area contributed by atoms with Crippen LogP contribution in [0.2, 0.25) is 0 Å². The van der Waals surface area contributed by atoms with Crippen LogP contribution in [0.3, 0.4) is 0 Å². The first-order chi connectivity index (χ1) is 13.9. The lowest BCUT2D eigenvalue weighted by Crippen LogP contribution is -2.35. The number of aryl methyl sites for hydroxylation is 1. The van der Waals surface area contributed by atoms with Crippen LogP contribution in [0.5, 0.6) is 0 Å². The van der Waals surface area contributed by atoms with Crippen molar-refractivity contribution in [3.63, 3.8) is 0 Å². The summed E-state index contributed by atoms with van der Waals surface area (Å²) in [5, 5.41) is 2.57. The zero-order valence-electron chi connectivity index (χ0n) is 16.2. The molecule has 0 bridgehead atoms. The first kappa shape index (κ1) is 19.3. The molecule has 2 unspecified atom stereocenters. The number of hydrogen-bond acceptors (Lipinski definition) is 4. The van der Waals surface area contributed by atoms with E-state index in [1.807, 2.05) is 12.1 Å². The molecule has 0 spiro atoms. The number of anilines is 1. The molecule has 1 aliphatic heterocycles. The third-order valence-corrected chi connectivity index (χ3v) is 5.40. The quantitative estimate of drug-likeness (QED) is 0.608. The molecule has 6 nitrogen and oxygen atoms in total. The highest BCUT2D eigenvalue weighted by Crippen LogP contribution is 2.35. The molecule has 2 aromatic carbocycles. The van der Waals surface area contributed by atoms with Gasteiger partial charge >= 0.3 is 6.09 Å². The van der Waals surface area contributed by atoms with Gasteiger partial charge < -0.3 is 9.72 Å². The number of carbonyl (C=O) groups is 1. The maximum absolute atomic E-state index is 14.7. The van der Waals surface area contributed by atoms with Crippen molar-refractivity contribution in [2.45, 2.75) is 31.6 Å². The molecule has 1 saturated heterocycles. The van der Waals surface area contributed by atoms with Crippen molar-refractivity contribution in [2.24, 2.45) is 0 Å². The van der Waals surface area contributed by atoms with Crippen molar-refractivity contribution >= 4 is 22.8 Å². The van der Waals surface area contributed by atoms with Gasteiger partial charge in [-0.25, -0.2) is 18.6 Å². The zero-order chi connectivity index (χ0) is 20.6. The third-order valence-electron chi connectivity index (χ3n) is 5.40. The molecule has 1 amide bonds. The zero-order valence-corrected chi connectivity index (χ0v) is 16.2. The van der Waals surface area contributed by atoms with Crippen LogP contribution in [-0.4, -0.2) is 35.5 Å². The predicted octanol–water partition coefficient (Wildman–Crippen LogP) is 4.24. The molecular formula is C21H22F2N4O2. The molecule has 0 saturated carbocycles. The molecule has 8 heteroatoms. The SMILES string of the molecule is CNC(C)(F)CCc1ccc(C2COC(=O)N2c2ccc3nc[nH]c3c2)cc1F. The van der Waals surface area contributed by atoms with Crippen LogP contribution in [0.25, 0.3) is 11.0 Å². The molecule has 1 aromatic heterocycles. The molecule has 3 aromatic rings. The Bertz CT molecular complexity index is 1050. The lowest BCUT2D eigenvalue weighted by Gasteiger charge is -2.23. The fourth-order valence-electron chi connectivity index (χ4n) is 3.49. The molecule has 4 rings (SSSR count). The molecular weight excluding hydrogens is 378 g/mol. The minimum absolute atomic E-state index is 0.126. The first-order valence-electron chi connectivity index (χ1n) is 9.43. The minimum Gasteiger partial charge on any atom is -0.447 e. The number of nitrogens with zero attached hydrogens (tertiary/aromatic N) is 2. The highest BCUT2D eigenvalue weighted by atomic mass is 19.1. The molecule has 152 valence electrons. The van der Waals surface area contributed by atoms with Gasteiger partial charge in [0.2, 0.25) is 0 Å². The average Bonchev–Trinajstić information content (AvgIpc) is 3.32. The second kappa shape index (κ2) is 7.44. The van der Waals surface area contributed by atoms with E-state index < -0.39 is 23.7 Å². The molecule has 1 fully saturated rings. The van der Waals surface area contributed by atoms with Crippen LogP contribution in [0.4, 0.5) is 19.3 Å². The number of benzene rings is 2. The van der Waals surface area contributed by atoms with E-state index in [4.69, 9.17) is 4.74 Å². The van der Waals surface area contributed by atoms with Crippen molar-refractivity contribution in [1.82, 2.24) is 15.3 Å². The Morgan fingerprint density at radius 2 is 2.17 bits per heavy atom. The van der Waals surface area contributed by atoms with Crippen molar-refractivity contribution in [3.8, 4) is 0 Å². The molecule has 29 heavy (non-hydrogen) atoms. The number of fused-ring (bicyclic) bond motifs is 1. The normalized spacial score (nSPS) is 18.8. The smallest absolute Gasteiger partial charge is 0.415 e. The van der Waals surface area contributed by atoms with Gasteiger partial charge in [0.05, 0.1) is 29.1 Å². The average molecular weight is 400 g/mol. The van der Waals surface area contributed by atoms with Crippen LogP contribution in [0.15, 0.2) is 42.7 Å². The number of aromatic amines is 1. The summed E-state index contributed by atoms with van der Waals surface area (Å²) >= 11 is 0. The number of hydrogen-bond donors (Lipinski definition) is 2. The lowest BCUT2D eigenvalue weighted by atomic mass is 9.99. The lowest BCUT2D eigenvalue weighted by molar-refractivity contribution is 0.138. The third kappa shape index (κ3) is 3.80. The number of aromatic nitrogens is 2. The van der Waals surface area contributed by atoms with Crippen LogP contribution >= 0.6 is 0 Å². The highest BCUT2D eigenvalue weighted by molar-refractivity contribution is 5.93. The van der Waals surface area contributed by atoms with E-state index in [1.54, 1.807) is 24.5 Å². The summed E-state index contributed by atoms with van der Waals surface area (Å²) in [5.74, 6) is -1.98. The summed E-state index contributed by atoms with van der Waals surface area (Å²) in [6.07, 6.45) is 1.51. The molecule has 1 aliphatic rings. The highest BCUT2D eigenvalue weighted by Gasteiger charge is 2.36. The van der Waals surface area contributed by atoms with Gasteiger partial charge in [-0.1, -0.05) is 12.1 Å².